The molecule has 0 bridgehead atoms. The molecule has 2 saturated heterocycles. The van der Waals surface area contributed by atoms with Gasteiger partial charge >= 0.3 is 5.97 Å². The quantitative estimate of drug-likeness (QED) is 0.160. The number of β-lactam (4-membered cyclic amide) rings is 1. The Labute approximate surface area is 209 Å². The van der Waals surface area contributed by atoms with E-state index in [0.29, 0.717) is 16.2 Å². The van der Waals surface area contributed by atoms with Crippen LogP contribution in [0.4, 0.5) is 5.69 Å². The molecule has 0 saturated carbocycles. The summed E-state index contributed by atoms with van der Waals surface area (Å²) < 4.78 is 36.0. The minimum Gasteiger partial charge on any atom is -0.484 e. The maximum atomic E-state index is 12.8. The summed E-state index contributed by atoms with van der Waals surface area (Å²) in [5, 5.41) is 11.5. The Bertz CT molecular complexity index is 1400. The van der Waals surface area contributed by atoms with Crippen molar-refractivity contribution in [1.29, 1.82) is 0 Å². The second kappa shape index (κ2) is 10.2. The van der Waals surface area contributed by atoms with Gasteiger partial charge in [0.2, 0.25) is 0 Å². The lowest BCUT2D eigenvalue weighted by Crippen LogP contribution is -2.79. The number of amides is 2. The van der Waals surface area contributed by atoms with Crippen molar-refractivity contribution in [2.75, 3.05) is 12.4 Å². The molecule has 2 fully saturated rings. The Kier molecular flexibility index (Phi) is 7.05. The van der Waals surface area contributed by atoms with Gasteiger partial charge in [-0.25, -0.2) is 18.0 Å². The van der Waals surface area contributed by atoms with Crippen LogP contribution in [-0.2, 0) is 40.4 Å². The van der Waals surface area contributed by atoms with Gasteiger partial charge in [0.1, 0.15) is 24.3 Å². The summed E-state index contributed by atoms with van der Waals surface area (Å²) in [5.74, 6) is -1.78. The van der Waals surface area contributed by atoms with Crippen molar-refractivity contribution >= 4 is 39.2 Å². The molecule has 192 valence electrons. The first-order chi connectivity index (χ1) is 17.6. The third kappa shape index (κ3) is 5.20. The highest BCUT2D eigenvalue weighted by Crippen LogP contribution is 2.36. The standard InChI is InChI=1S/C23H19N3O10S/c27-10-15-13-37(33,34)22-19(24-18(28)12-35-17-4-2-1-3-5-17)21(29)25(22)20(15)23(30)36-11-14-6-8-16(9-7-14)26(31)32/h1-9,19-20,22H,11-13H2,(H,24,28)/t19?,20?,22-/m1/s1. The number of hydrogen-bond donors (Lipinski definition) is 1. The number of fused-ring (bicyclic) bond motifs is 1. The predicted octanol–water partition coefficient (Wildman–Crippen LogP) is -0.0749. The van der Waals surface area contributed by atoms with Crippen molar-refractivity contribution < 1.29 is 42.0 Å². The van der Waals surface area contributed by atoms with Gasteiger partial charge in [0.05, 0.1) is 16.2 Å². The van der Waals surface area contributed by atoms with Crippen LogP contribution in [-0.4, -0.2) is 71.8 Å². The molecule has 2 heterocycles. The van der Waals surface area contributed by atoms with E-state index in [9.17, 15) is 37.7 Å². The van der Waals surface area contributed by atoms with Crippen molar-refractivity contribution in [3.63, 3.8) is 0 Å². The number of sulfone groups is 1. The number of rotatable bonds is 8. The number of para-hydroxylation sites is 1. The second-order valence-electron chi connectivity index (χ2n) is 8.15. The van der Waals surface area contributed by atoms with Crippen molar-refractivity contribution in [2.24, 2.45) is 0 Å². The average molecular weight is 529 g/mol. The van der Waals surface area contributed by atoms with E-state index in [4.69, 9.17) is 9.47 Å². The third-order valence-corrected chi connectivity index (χ3v) is 7.67. The van der Waals surface area contributed by atoms with E-state index >= 15 is 0 Å². The van der Waals surface area contributed by atoms with Crippen LogP contribution in [0.3, 0.4) is 0 Å². The first kappa shape index (κ1) is 25.5. The lowest BCUT2D eigenvalue weighted by Gasteiger charge is -2.51. The molecule has 37 heavy (non-hydrogen) atoms. The number of benzene rings is 2. The number of nitrogens with zero attached hydrogens (tertiary/aromatic N) is 2. The number of ether oxygens (including phenoxy) is 2. The van der Waals surface area contributed by atoms with Gasteiger partial charge in [-0.2, -0.15) is 0 Å². The highest BCUT2D eigenvalue weighted by molar-refractivity contribution is 7.92. The van der Waals surface area contributed by atoms with E-state index in [-0.39, 0.29) is 12.3 Å². The van der Waals surface area contributed by atoms with Crippen LogP contribution in [0.1, 0.15) is 5.56 Å². The fourth-order valence-electron chi connectivity index (χ4n) is 3.99. The molecule has 2 aliphatic rings. The van der Waals surface area contributed by atoms with E-state index in [1.807, 2.05) is 0 Å². The Morgan fingerprint density at radius 1 is 1.14 bits per heavy atom. The average Bonchev–Trinajstić information content (AvgIpc) is 2.89. The Hall–Kier alpha value is -4.55. The van der Waals surface area contributed by atoms with Gasteiger partial charge < -0.3 is 19.7 Å². The zero-order chi connectivity index (χ0) is 26.7. The molecule has 0 radical (unpaired) electrons. The van der Waals surface area contributed by atoms with E-state index in [1.54, 1.807) is 30.3 Å². The molecule has 14 heteroatoms. The molecule has 0 aliphatic carbocycles. The van der Waals surface area contributed by atoms with Gasteiger partial charge in [0, 0.05) is 12.1 Å². The number of non-ortho nitro benzene ring substituents is 1. The van der Waals surface area contributed by atoms with Crippen LogP contribution >= 0.6 is 0 Å². The molecule has 4 rings (SSSR count). The van der Waals surface area contributed by atoms with Gasteiger partial charge in [-0.1, -0.05) is 18.2 Å². The minimum absolute atomic E-state index is 0.171. The van der Waals surface area contributed by atoms with E-state index in [0.717, 1.165) is 0 Å². The Morgan fingerprint density at radius 2 is 1.81 bits per heavy atom. The highest BCUT2D eigenvalue weighted by Gasteiger charge is 2.63. The number of hydrogen-bond acceptors (Lipinski definition) is 10. The number of esters is 1. The van der Waals surface area contributed by atoms with Crippen LogP contribution in [0.2, 0.25) is 0 Å². The molecule has 0 aromatic heterocycles. The Balaban J connectivity index is 1.45. The Morgan fingerprint density at radius 3 is 2.43 bits per heavy atom. The summed E-state index contributed by atoms with van der Waals surface area (Å²) in [6.45, 7) is -0.837. The molecule has 1 N–H and O–H groups in total. The molecular formula is C23H19N3O10S. The van der Waals surface area contributed by atoms with Crippen molar-refractivity contribution in [1.82, 2.24) is 10.2 Å². The number of carbonyl (C=O) groups excluding carboxylic acids is 4. The summed E-state index contributed by atoms with van der Waals surface area (Å²) in [7, 11) is -4.15. The maximum Gasteiger partial charge on any atom is 0.334 e. The number of carbonyl (C=O) groups is 3. The number of nitro groups is 1. The molecule has 13 nitrogen and oxygen atoms in total. The van der Waals surface area contributed by atoms with Crippen molar-refractivity contribution in [3.05, 3.63) is 75.8 Å². The third-order valence-electron chi connectivity index (χ3n) is 5.72. The van der Waals surface area contributed by atoms with Gasteiger partial charge in [-0.05, 0) is 29.8 Å². The minimum atomic E-state index is -4.15. The predicted molar refractivity (Wildman–Crippen MR) is 124 cm³/mol. The highest BCUT2D eigenvalue weighted by atomic mass is 32.2. The van der Waals surface area contributed by atoms with E-state index in [1.165, 1.54) is 30.2 Å². The fraction of sp³-hybridized carbons (Fsp3) is 0.261. The van der Waals surface area contributed by atoms with Crippen molar-refractivity contribution in [2.45, 2.75) is 24.1 Å². The fourth-order valence-corrected chi connectivity index (χ4v) is 5.98. The van der Waals surface area contributed by atoms with E-state index in [2.05, 4.69) is 5.32 Å². The first-order valence-corrected chi connectivity index (χ1v) is 12.5. The SMILES string of the molecule is O=C=C1CS(=O)(=O)[C@@H]2C(NC(=O)COc3ccccc3)C(=O)N2C1C(=O)OCc1ccc([N+](=O)[O-])cc1. The molecule has 2 aliphatic heterocycles. The van der Waals surface area contributed by atoms with Gasteiger partial charge in [0.25, 0.3) is 17.5 Å². The van der Waals surface area contributed by atoms with Crippen molar-refractivity contribution in [3.8, 4) is 5.75 Å². The lowest BCUT2D eigenvalue weighted by molar-refractivity contribution is -0.384. The summed E-state index contributed by atoms with van der Waals surface area (Å²) >= 11 is 0. The molecule has 2 aromatic rings. The topological polar surface area (TPSA) is 179 Å². The molecule has 2 aromatic carbocycles. The number of nitro benzene ring substituents is 1. The monoisotopic (exact) mass is 529 g/mol. The summed E-state index contributed by atoms with van der Waals surface area (Å²) in [6, 6.07) is 10.3. The number of nitrogens with one attached hydrogen (secondary N) is 1. The summed E-state index contributed by atoms with van der Waals surface area (Å²) in [5.41, 5.74) is -0.292. The molecular weight excluding hydrogens is 510 g/mol. The second-order valence-corrected chi connectivity index (χ2v) is 10.2. The van der Waals surface area contributed by atoms with Crippen LogP contribution in [0.15, 0.2) is 60.2 Å². The van der Waals surface area contributed by atoms with Gasteiger partial charge in [-0.15, -0.1) is 0 Å². The molecule has 0 spiro atoms. The molecule has 3 atom stereocenters. The summed E-state index contributed by atoms with van der Waals surface area (Å²) in [4.78, 5) is 60.3. The largest absolute Gasteiger partial charge is 0.484 e. The first-order valence-electron chi connectivity index (χ1n) is 10.8. The van der Waals surface area contributed by atoms with E-state index < -0.39 is 67.9 Å². The zero-order valence-corrected chi connectivity index (χ0v) is 19.8. The normalized spacial score (nSPS) is 21.6. The zero-order valence-electron chi connectivity index (χ0n) is 18.9. The molecule has 2 unspecified atom stereocenters. The molecule has 2 amide bonds. The van der Waals surface area contributed by atoms with Crippen LogP contribution in [0, 0.1) is 10.1 Å². The summed E-state index contributed by atoms with van der Waals surface area (Å²) in [6.07, 6.45) is 0. The van der Waals surface area contributed by atoms with Gasteiger partial charge in [-0.3, -0.25) is 19.7 Å². The van der Waals surface area contributed by atoms with Crippen LogP contribution in [0.25, 0.3) is 0 Å². The van der Waals surface area contributed by atoms with Crippen LogP contribution in [0.5, 0.6) is 5.75 Å². The maximum absolute atomic E-state index is 12.8. The smallest absolute Gasteiger partial charge is 0.334 e. The van der Waals surface area contributed by atoms with Crippen LogP contribution < -0.4 is 10.1 Å². The lowest BCUT2D eigenvalue weighted by atomic mass is 9.98. The van der Waals surface area contributed by atoms with Gasteiger partial charge in [0.15, 0.2) is 27.9 Å².